The number of anilines is 1. The number of esters is 1. The number of methoxy groups -OCH3 is 1. The van der Waals surface area contributed by atoms with Crippen LogP contribution in [-0.2, 0) is 20.9 Å². The zero-order chi connectivity index (χ0) is 21.3. The van der Waals surface area contributed by atoms with Gasteiger partial charge >= 0.3 is 5.97 Å². The number of carbonyl (C=O) groups is 1. The topological polar surface area (TPSA) is 114 Å². The quantitative estimate of drug-likeness (QED) is 0.370. The van der Waals surface area contributed by atoms with Crippen LogP contribution in [-0.4, -0.2) is 48.6 Å². The second-order valence-electron chi connectivity index (χ2n) is 7.55. The Bertz CT molecular complexity index is 848. The van der Waals surface area contributed by atoms with Crippen molar-refractivity contribution < 1.29 is 14.3 Å². The Balaban J connectivity index is 1.57. The molecule has 1 aromatic heterocycles. The van der Waals surface area contributed by atoms with Crippen LogP contribution < -0.4 is 10.6 Å². The fraction of sp³-hybridized carbons (Fsp3) is 0.455. The molecule has 1 fully saturated rings. The van der Waals surface area contributed by atoms with Gasteiger partial charge in [0, 0.05) is 44.8 Å². The Kier molecular flexibility index (Phi) is 7.73. The molecule has 3 N–H and O–H groups in total. The Labute approximate surface area is 176 Å². The molecule has 1 aliphatic rings. The minimum Gasteiger partial charge on any atom is -0.460 e. The zero-order valence-electron chi connectivity index (χ0n) is 17.3. The number of hydrogen-bond donors (Lipinski definition) is 2. The van der Waals surface area contributed by atoms with Gasteiger partial charge in [-0.2, -0.15) is 0 Å². The molecule has 30 heavy (non-hydrogen) atoms. The van der Waals surface area contributed by atoms with Gasteiger partial charge in [-0.3, -0.25) is 10.2 Å². The molecule has 1 aliphatic heterocycles. The summed E-state index contributed by atoms with van der Waals surface area (Å²) < 4.78 is 10.3. The maximum atomic E-state index is 11.6. The van der Waals surface area contributed by atoms with E-state index in [1.165, 1.54) is 0 Å². The summed E-state index contributed by atoms with van der Waals surface area (Å²) in [5.41, 5.74) is 7.93. The van der Waals surface area contributed by atoms with Crippen LogP contribution in [0.15, 0.2) is 36.7 Å². The molecule has 3 rings (SSSR count). The summed E-state index contributed by atoms with van der Waals surface area (Å²) >= 11 is 0. The molecule has 0 spiro atoms. The highest BCUT2D eigenvalue weighted by atomic mass is 16.5. The van der Waals surface area contributed by atoms with Gasteiger partial charge in [0.05, 0.1) is 0 Å². The van der Waals surface area contributed by atoms with Crippen LogP contribution in [0.5, 0.6) is 0 Å². The molecule has 0 saturated carbocycles. The van der Waals surface area contributed by atoms with Crippen molar-refractivity contribution in [3.63, 3.8) is 0 Å². The van der Waals surface area contributed by atoms with Crippen molar-refractivity contribution in [2.75, 3.05) is 31.7 Å². The molecular formula is C22H29N5O3. The number of ether oxygens (including phenoxy) is 2. The highest BCUT2D eigenvalue weighted by Gasteiger charge is 2.20. The van der Waals surface area contributed by atoms with Gasteiger partial charge in [-0.1, -0.05) is 18.2 Å². The van der Waals surface area contributed by atoms with Gasteiger partial charge in [-0.15, -0.1) is 0 Å². The van der Waals surface area contributed by atoms with E-state index in [-0.39, 0.29) is 18.9 Å². The van der Waals surface area contributed by atoms with Crippen molar-refractivity contribution >= 4 is 17.8 Å². The van der Waals surface area contributed by atoms with Gasteiger partial charge in [-0.05, 0) is 42.4 Å². The summed E-state index contributed by atoms with van der Waals surface area (Å²) in [6.07, 6.45) is 6.86. The molecule has 8 nitrogen and oxygen atoms in total. The van der Waals surface area contributed by atoms with Crippen LogP contribution in [0.25, 0.3) is 11.1 Å². The van der Waals surface area contributed by atoms with E-state index in [0.29, 0.717) is 5.92 Å². The molecule has 0 bridgehead atoms. The molecule has 1 aromatic carbocycles. The number of carbonyl (C=O) groups excluding carboxylic acids is 1. The fourth-order valence-electron chi connectivity index (χ4n) is 3.55. The van der Waals surface area contributed by atoms with E-state index in [0.717, 1.165) is 61.6 Å². The van der Waals surface area contributed by atoms with Gasteiger partial charge in [-0.25, -0.2) is 9.97 Å². The van der Waals surface area contributed by atoms with Crippen molar-refractivity contribution in [3.05, 3.63) is 42.2 Å². The molecule has 1 saturated heterocycles. The van der Waals surface area contributed by atoms with Crippen LogP contribution in [0, 0.1) is 11.3 Å². The summed E-state index contributed by atoms with van der Waals surface area (Å²) in [6.45, 7) is 2.89. The zero-order valence-corrected chi connectivity index (χ0v) is 17.3. The normalized spacial score (nSPS) is 14.5. The van der Waals surface area contributed by atoms with E-state index >= 15 is 0 Å². The Morgan fingerprint density at radius 2 is 1.97 bits per heavy atom. The molecule has 2 aromatic rings. The first-order valence-electron chi connectivity index (χ1n) is 10.2. The summed E-state index contributed by atoms with van der Waals surface area (Å²) in [5.74, 6) is 0.766. The number of hydrogen-bond acceptors (Lipinski definition) is 7. The largest absolute Gasteiger partial charge is 0.460 e. The highest BCUT2D eigenvalue weighted by Crippen LogP contribution is 2.25. The highest BCUT2D eigenvalue weighted by molar-refractivity contribution is 5.94. The van der Waals surface area contributed by atoms with Crippen LogP contribution >= 0.6 is 0 Å². The van der Waals surface area contributed by atoms with E-state index in [9.17, 15) is 4.79 Å². The lowest BCUT2D eigenvalue weighted by Crippen LogP contribution is -2.35. The number of piperidine rings is 1. The molecule has 0 amide bonds. The summed E-state index contributed by atoms with van der Waals surface area (Å²) in [7, 11) is 1.75. The van der Waals surface area contributed by atoms with E-state index in [1.807, 2.05) is 36.7 Å². The number of nitrogens with one attached hydrogen (secondary N) is 1. The van der Waals surface area contributed by atoms with Crippen molar-refractivity contribution in [2.45, 2.75) is 32.3 Å². The molecule has 0 unspecified atom stereocenters. The standard InChI is InChI=1S/C22H29N5O3/c1-29-10-7-16-5-8-27(9-6-16)22-25-13-19(14-26-22)18-4-2-3-17(11-18)15-30-21(28)12-20(23)24/h2-4,11,13-14,16H,5-10,12,15H2,1H3,(H3,23,24). The molecule has 0 radical (unpaired) electrons. The minimum absolute atomic E-state index is 0.136. The van der Waals surface area contributed by atoms with Crippen molar-refractivity contribution in [1.82, 2.24) is 9.97 Å². The van der Waals surface area contributed by atoms with Crippen LogP contribution in [0.1, 0.15) is 31.2 Å². The predicted molar refractivity (Wildman–Crippen MR) is 115 cm³/mol. The van der Waals surface area contributed by atoms with Gasteiger partial charge in [0.2, 0.25) is 5.95 Å². The van der Waals surface area contributed by atoms with E-state index in [2.05, 4.69) is 14.9 Å². The molecule has 0 atom stereocenters. The van der Waals surface area contributed by atoms with Crippen LogP contribution in [0.3, 0.4) is 0 Å². The number of amidine groups is 1. The van der Waals surface area contributed by atoms with E-state index in [4.69, 9.17) is 20.6 Å². The minimum atomic E-state index is -0.508. The van der Waals surface area contributed by atoms with Gasteiger partial charge < -0.3 is 20.1 Å². The third-order valence-electron chi connectivity index (χ3n) is 5.26. The lowest BCUT2D eigenvalue weighted by Gasteiger charge is -2.31. The molecule has 0 aliphatic carbocycles. The second kappa shape index (κ2) is 10.7. The van der Waals surface area contributed by atoms with Crippen molar-refractivity contribution in [1.29, 1.82) is 5.41 Å². The summed E-state index contributed by atoms with van der Waals surface area (Å²) in [6, 6.07) is 7.71. The van der Waals surface area contributed by atoms with Crippen LogP contribution in [0.2, 0.25) is 0 Å². The molecule has 8 heteroatoms. The van der Waals surface area contributed by atoms with E-state index in [1.54, 1.807) is 7.11 Å². The summed E-state index contributed by atoms with van der Waals surface area (Å²) in [5, 5.41) is 7.14. The smallest absolute Gasteiger partial charge is 0.313 e. The van der Waals surface area contributed by atoms with Gasteiger partial charge in [0.1, 0.15) is 18.9 Å². The SMILES string of the molecule is COCCC1CCN(c2ncc(-c3cccc(COC(=O)CC(=N)N)c3)cn2)CC1. The van der Waals surface area contributed by atoms with Gasteiger partial charge in [0.25, 0.3) is 0 Å². The number of nitrogens with two attached hydrogens (primary N) is 1. The average molecular weight is 412 g/mol. The second-order valence-corrected chi connectivity index (χ2v) is 7.55. The maximum absolute atomic E-state index is 11.6. The lowest BCUT2D eigenvalue weighted by atomic mass is 9.94. The fourth-order valence-corrected chi connectivity index (χ4v) is 3.55. The Morgan fingerprint density at radius 1 is 1.23 bits per heavy atom. The molecular weight excluding hydrogens is 382 g/mol. The third-order valence-corrected chi connectivity index (χ3v) is 5.26. The monoisotopic (exact) mass is 411 g/mol. The van der Waals surface area contributed by atoms with Crippen LogP contribution in [0.4, 0.5) is 5.95 Å². The first-order valence-corrected chi connectivity index (χ1v) is 10.2. The number of rotatable bonds is 9. The molecule has 160 valence electrons. The summed E-state index contributed by atoms with van der Waals surface area (Å²) in [4.78, 5) is 22.9. The maximum Gasteiger partial charge on any atom is 0.313 e. The number of aromatic nitrogens is 2. The number of benzene rings is 1. The van der Waals surface area contributed by atoms with Crippen molar-refractivity contribution in [3.8, 4) is 11.1 Å². The Hall–Kier alpha value is -3.00. The first kappa shape index (κ1) is 21.7. The van der Waals surface area contributed by atoms with Gasteiger partial charge in [0.15, 0.2) is 0 Å². The van der Waals surface area contributed by atoms with E-state index < -0.39 is 5.97 Å². The lowest BCUT2D eigenvalue weighted by molar-refractivity contribution is -0.143. The first-order chi connectivity index (χ1) is 14.5. The third kappa shape index (κ3) is 6.25. The average Bonchev–Trinajstić information content (AvgIpc) is 2.76. The van der Waals surface area contributed by atoms with Crippen molar-refractivity contribution in [2.24, 2.45) is 11.7 Å². The number of nitrogens with zero attached hydrogens (tertiary/aromatic N) is 3. The Morgan fingerprint density at radius 3 is 2.63 bits per heavy atom. The molecule has 2 heterocycles. The predicted octanol–water partition coefficient (Wildman–Crippen LogP) is 2.77.